The molecule has 10 heteroatoms. The van der Waals surface area contributed by atoms with Crippen molar-refractivity contribution in [3.63, 3.8) is 0 Å². The molecule has 144 valence electrons. The van der Waals surface area contributed by atoms with E-state index in [1.165, 1.54) is 11.0 Å². The highest BCUT2D eigenvalue weighted by molar-refractivity contribution is 6.42. The highest BCUT2D eigenvalue weighted by Gasteiger charge is 2.36. The van der Waals surface area contributed by atoms with Gasteiger partial charge in [0.1, 0.15) is 17.9 Å². The number of aromatic nitrogens is 2. The number of nitrogens with zero attached hydrogens (tertiary/aromatic N) is 4. The van der Waals surface area contributed by atoms with Gasteiger partial charge in [0.15, 0.2) is 0 Å². The summed E-state index contributed by atoms with van der Waals surface area (Å²) in [6.07, 6.45) is -2.54. The van der Waals surface area contributed by atoms with Gasteiger partial charge in [-0.2, -0.15) is 23.4 Å². The van der Waals surface area contributed by atoms with Gasteiger partial charge in [-0.05, 0) is 24.6 Å². The van der Waals surface area contributed by atoms with Crippen LogP contribution in [0.5, 0.6) is 0 Å². The van der Waals surface area contributed by atoms with E-state index in [2.05, 4.69) is 15.3 Å². The van der Waals surface area contributed by atoms with Crippen LogP contribution in [0.2, 0.25) is 10.0 Å². The first-order valence-electron chi connectivity index (χ1n) is 8.04. The van der Waals surface area contributed by atoms with Crippen LogP contribution in [0.1, 0.15) is 25.3 Å². The summed E-state index contributed by atoms with van der Waals surface area (Å²) in [5.74, 6) is -0.383. The third-order valence-electron chi connectivity index (χ3n) is 3.59. The Bertz CT molecular complexity index is 836. The lowest BCUT2D eigenvalue weighted by Crippen LogP contribution is -2.29. The van der Waals surface area contributed by atoms with Gasteiger partial charge in [0.05, 0.1) is 16.1 Å². The quantitative estimate of drug-likeness (QED) is 0.587. The van der Waals surface area contributed by atoms with Crippen molar-refractivity contribution in [3.05, 3.63) is 40.0 Å². The summed E-state index contributed by atoms with van der Waals surface area (Å²) in [6, 6.07) is 6.53. The molecule has 0 saturated heterocycles. The summed E-state index contributed by atoms with van der Waals surface area (Å²) in [4.78, 5) is 9.06. The lowest BCUT2D eigenvalue weighted by Gasteiger charge is -2.24. The topological polar surface area (TPSA) is 64.8 Å². The monoisotopic (exact) mass is 417 g/mol. The SMILES string of the molecule is CCCCN(CC#N)c1nc(Nc2ccc(Cl)c(Cl)c2)ncc1C(F)(F)F. The van der Waals surface area contributed by atoms with Crippen molar-refractivity contribution in [2.75, 3.05) is 23.3 Å². The third-order valence-corrected chi connectivity index (χ3v) is 4.33. The summed E-state index contributed by atoms with van der Waals surface area (Å²) in [7, 11) is 0. The van der Waals surface area contributed by atoms with E-state index in [1.54, 1.807) is 12.1 Å². The molecule has 0 aliphatic heterocycles. The molecule has 1 N–H and O–H groups in total. The minimum atomic E-state index is -4.64. The second-order valence-electron chi connectivity index (χ2n) is 5.62. The molecule has 0 amide bonds. The highest BCUT2D eigenvalue weighted by Crippen LogP contribution is 2.36. The molecule has 2 aromatic rings. The standard InChI is InChI=1S/C17H16Cl2F3N5/c1-2-3-7-27(8-6-23)15-12(17(20,21)22)10-24-16(26-15)25-11-4-5-13(18)14(19)9-11/h4-5,9-10H,2-3,7-8H2,1H3,(H,24,25,26). The van der Waals surface area contributed by atoms with Gasteiger partial charge in [0, 0.05) is 18.4 Å². The average Bonchev–Trinajstić information content (AvgIpc) is 2.61. The number of halogens is 5. The zero-order valence-corrected chi connectivity index (χ0v) is 15.8. The minimum absolute atomic E-state index is 0.0455. The maximum atomic E-state index is 13.4. The Balaban J connectivity index is 2.43. The van der Waals surface area contributed by atoms with Crippen molar-refractivity contribution >= 4 is 40.7 Å². The van der Waals surface area contributed by atoms with Crippen molar-refractivity contribution in [2.45, 2.75) is 25.9 Å². The molecule has 1 heterocycles. The predicted molar refractivity (Wildman–Crippen MR) is 99.5 cm³/mol. The van der Waals surface area contributed by atoms with E-state index < -0.39 is 11.7 Å². The molecule has 1 aromatic heterocycles. The Morgan fingerprint density at radius 1 is 1.26 bits per heavy atom. The normalized spacial score (nSPS) is 11.1. The molecule has 0 unspecified atom stereocenters. The van der Waals surface area contributed by atoms with Crippen LogP contribution in [-0.4, -0.2) is 23.1 Å². The van der Waals surface area contributed by atoms with Crippen LogP contribution in [-0.2, 0) is 6.18 Å². The molecule has 0 atom stereocenters. The van der Waals surface area contributed by atoms with Gasteiger partial charge < -0.3 is 10.2 Å². The summed E-state index contributed by atoms with van der Waals surface area (Å²) >= 11 is 11.8. The Kier molecular flexibility index (Phi) is 7.11. The minimum Gasteiger partial charge on any atom is -0.343 e. The zero-order valence-electron chi connectivity index (χ0n) is 14.3. The molecule has 0 radical (unpaired) electrons. The van der Waals surface area contributed by atoms with Gasteiger partial charge in [-0.15, -0.1) is 0 Å². The predicted octanol–water partition coefficient (Wildman–Crippen LogP) is 5.68. The number of nitriles is 1. The number of hydrogen-bond acceptors (Lipinski definition) is 5. The molecule has 2 rings (SSSR count). The van der Waals surface area contributed by atoms with Crippen molar-refractivity contribution in [2.24, 2.45) is 0 Å². The maximum absolute atomic E-state index is 13.4. The molecule has 1 aromatic carbocycles. The van der Waals surface area contributed by atoms with E-state index in [4.69, 9.17) is 28.5 Å². The van der Waals surface area contributed by atoms with Crippen LogP contribution >= 0.6 is 23.2 Å². The van der Waals surface area contributed by atoms with E-state index in [-0.39, 0.29) is 29.9 Å². The third kappa shape index (κ3) is 5.62. The zero-order chi connectivity index (χ0) is 20.0. The Morgan fingerprint density at radius 3 is 2.59 bits per heavy atom. The highest BCUT2D eigenvalue weighted by atomic mass is 35.5. The fourth-order valence-electron chi connectivity index (χ4n) is 2.27. The first-order chi connectivity index (χ1) is 12.8. The lowest BCUT2D eigenvalue weighted by atomic mass is 10.2. The summed E-state index contributed by atoms with van der Waals surface area (Å²) in [6.45, 7) is 1.97. The molecule has 0 aliphatic carbocycles. The van der Waals surface area contributed by atoms with Crippen LogP contribution in [0.15, 0.2) is 24.4 Å². The van der Waals surface area contributed by atoms with Crippen LogP contribution in [0.3, 0.4) is 0 Å². The second-order valence-corrected chi connectivity index (χ2v) is 6.43. The number of nitrogens with one attached hydrogen (secondary N) is 1. The Labute approximate surface area is 164 Å². The van der Waals surface area contributed by atoms with E-state index in [0.717, 1.165) is 6.42 Å². The number of hydrogen-bond donors (Lipinski definition) is 1. The van der Waals surface area contributed by atoms with E-state index >= 15 is 0 Å². The Hall–Kier alpha value is -2.24. The van der Waals surface area contributed by atoms with Crippen LogP contribution < -0.4 is 10.2 Å². The van der Waals surface area contributed by atoms with Crippen LogP contribution in [0, 0.1) is 11.3 Å². The van der Waals surface area contributed by atoms with Crippen molar-refractivity contribution in [1.82, 2.24) is 9.97 Å². The molecule has 0 saturated carbocycles. The average molecular weight is 418 g/mol. The Morgan fingerprint density at radius 2 is 2.00 bits per heavy atom. The summed E-state index contributed by atoms with van der Waals surface area (Å²) < 4.78 is 40.2. The second kappa shape index (κ2) is 9.11. The largest absolute Gasteiger partial charge is 0.421 e. The fraction of sp³-hybridized carbons (Fsp3) is 0.353. The number of alkyl halides is 3. The molecule has 5 nitrogen and oxygen atoms in total. The molecular weight excluding hydrogens is 402 g/mol. The molecule has 0 fully saturated rings. The molecule has 0 bridgehead atoms. The number of anilines is 3. The summed E-state index contributed by atoms with van der Waals surface area (Å²) in [5, 5.41) is 12.4. The summed E-state index contributed by atoms with van der Waals surface area (Å²) in [5.41, 5.74) is -0.524. The van der Waals surface area contributed by atoms with Gasteiger partial charge >= 0.3 is 6.18 Å². The van der Waals surface area contributed by atoms with Gasteiger partial charge in [0.25, 0.3) is 0 Å². The fourth-order valence-corrected chi connectivity index (χ4v) is 2.57. The van der Waals surface area contributed by atoms with Gasteiger partial charge in [0.2, 0.25) is 5.95 Å². The number of benzene rings is 1. The van der Waals surface area contributed by atoms with Crippen molar-refractivity contribution in [1.29, 1.82) is 5.26 Å². The number of rotatable bonds is 7. The molecule has 27 heavy (non-hydrogen) atoms. The van der Waals surface area contributed by atoms with Crippen LogP contribution in [0.4, 0.5) is 30.6 Å². The first-order valence-corrected chi connectivity index (χ1v) is 8.80. The van der Waals surface area contributed by atoms with E-state index in [1.807, 2.05) is 13.0 Å². The smallest absolute Gasteiger partial charge is 0.343 e. The van der Waals surface area contributed by atoms with Gasteiger partial charge in [-0.1, -0.05) is 36.5 Å². The first kappa shape index (κ1) is 21.1. The van der Waals surface area contributed by atoms with Crippen LogP contribution in [0.25, 0.3) is 0 Å². The van der Waals surface area contributed by atoms with Gasteiger partial charge in [-0.25, -0.2) is 4.98 Å². The lowest BCUT2D eigenvalue weighted by molar-refractivity contribution is -0.137. The molecule has 0 aliphatic rings. The van der Waals surface area contributed by atoms with Crippen molar-refractivity contribution in [3.8, 4) is 6.07 Å². The van der Waals surface area contributed by atoms with E-state index in [0.29, 0.717) is 23.3 Å². The maximum Gasteiger partial charge on any atom is 0.421 e. The van der Waals surface area contributed by atoms with Crippen molar-refractivity contribution < 1.29 is 13.2 Å². The number of unbranched alkanes of at least 4 members (excludes halogenated alkanes) is 1. The van der Waals surface area contributed by atoms with Gasteiger partial charge in [-0.3, -0.25) is 0 Å². The molecule has 0 spiro atoms. The van der Waals surface area contributed by atoms with E-state index in [9.17, 15) is 13.2 Å². The molecular formula is C17H16Cl2F3N5.